The number of quaternary nitrogens is 1. The van der Waals surface area contributed by atoms with E-state index in [2.05, 4.69) is 12.2 Å². The highest BCUT2D eigenvalue weighted by atomic mass is 31.2. The second kappa shape index (κ2) is 35.9. The van der Waals surface area contributed by atoms with Crippen molar-refractivity contribution >= 4 is 13.7 Å². The molecule has 0 rings (SSSR count). The van der Waals surface area contributed by atoms with Crippen molar-refractivity contribution in [2.45, 2.75) is 219 Å². The van der Waals surface area contributed by atoms with E-state index in [4.69, 9.17) is 9.05 Å². The molecule has 0 aromatic heterocycles. The number of allylic oxidation sites excluding steroid dienone is 1. The average Bonchev–Trinajstić information content (AvgIpc) is 3.08. The summed E-state index contributed by atoms with van der Waals surface area (Å²) >= 11 is 0. The molecule has 0 aliphatic heterocycles. The molecule has 0 aromatic carbocycles. The topological polar surface area (TPSA) is 108 Å². The molecule has 1 amide bonds. The molecule has 0 saturated heterocycles. The van der Waals surface area contributed by atoms with Crippen LogP contribution in [-0.2, 0) is 18.4 Å². The Morgan fingerprint density at radius 2 is 1.00 bits per heavy atom. The zero-order chi connectivity index (χ0) is 38.6. The van der Waals surface area contributed by atoms with E-state index in [0.29, 0.717) is 11.0 Å². The number of phosphoric acid groups is 1. The first kappa shape index (κ1) is 51.2. The predicted octanol–water partition coefficient (Wildman–Crippen LogP) is 11.3. The van der Waals surface area contributed by atoms with Gasteiger partial charge in [0.1, 0.15) is 13.2 Å². The number of amides is 1. The van der Waals surface area contributed by atoms with Crippen molar-refractivity contribution in [3.8, 4) is 0 Å². The van der Waals surface area contributed by atoms with Crippen LogP contribution >= 0.6 is 7.82 Å². The fourth-order valence-corrected chi connectivity index (χ4v) is 7.32. The molecule has 2 N–H and O–H groups in total. The highest BCUT2D eigenvalue weighted by Gasteiger charge is 2.22. The number of hydrogen-bond acceptors (Lipinski definition) is 6. The van der Waals surface area contributed by atoms with Gasteiger partial charge in [0.25, 0.3) is 7.82 Å². The normalized spacial score (nSPS) is 14.5. The van der Waals surface area contributed by atoms with Gasteiger partial charge in [-0.05, 0) is 12.8 Å². The molecule has 0 saturated carbocycles. The van der Waals surface area contributed by atoms with Crippen LogP contribution in [0, 0.1) is 0 Å². The molecule has 0 bridgehead atoms. The fourth-order valence-electron chi connectivity index (χ4n) is 6.60. The Morgan fingerprint density at radius 1 is 0.654 bits per heavy atom. The molecule has 0 spiro atoms. The summed E-state index contributed by atoms with van der Waals surface area (Å²) in [7, 11) is 1.26. The minimum absolute atomic E-state index is 0.00276. The molecule has 3 atom stereocenters. The third kappa shape index (κ3) is 38.9. The fraction of sp³-hybridized carbons (Fsp3) is 0.930. The van der Waals surface area contributed by atoms with Gasteiger partial charge in [-0.15, -0.1) is 0 Å². The summed E-state index contributed by atoms with van der Waals surface area (Å²) in [5.41, 5.74) is 0. The minimum Gasteiger partial charge on any atom is -0.756 e. The van der Waals surface area contributed by atoms with Crippen LogP contribution < -0.4 is 10.2 Å². The Labute approximate surface area is 322 Å². The second-order valence-corrected chi connectivity index (χ2v) is 17.9. The van der Waals surface area contributed by atoms with Crippen molar-refractivity contribution in [1.29, 1.82) is 0 Å². The number of hydrogen-bond donors (Lipinski definition) is 2. The Bertz CT molecular complexity index is 865. The lowest BCUT2D eigenvalue weighted by Crippen LogP contribution is -2.45. The van der Waals surface area contributed by atoms with Gasteiger partial charge in [0.05, 0.1) is 39.9 Å². The van der Waals surface area contributed by atoms with E-state index in [1.165, 1.54) is 180 Å². The molecule has 0 radical (unpaired) electrons. The molecule has 9 heteroatoms. The number of rotatable bonds is 40. The van der Waals surface area contributed by atoms with Crippen LogP contribution in [0.4, 0.5) is 0 Å². The number of aliphatic hydroxyl groups excluding tert-OH is 1. The van der Waals surface area contributed by atoms with Crippen LogP contribution in [0.25, 0.3) is 0 Å². The largest absolute Gasteiger partial charge is 0.756 e. The van der Waals surface area contributed by atoms with Crippen LogP contribution in [0.1, 0.15) is 206 Å². The summed E-state index contributed by atoms with van der Waals surface area (Å²) < 4.78 is 22.5. The van der Waals surface area contributed by atoms with Gasteiger partial charge in [-0.3, -0.25) is 9.36 Å². The summed E-state index contributed by atoms with van der Waals surface area (Å²) in [5, 5.41) is 13.1. The van der Waals surface area contributed by atoms with E-state index in [1.807, 2.05) is 27.2 Å². The first-order chi connectivity index (χ1) is 25.0. The Hall–Kier alpha value is -0.760. The van der Waals surface area contributed by atoms with Crippen LogP contribution in [0.5, 0.6) is 0 Å². The number of phosphoric ester groups is 1. The van der Waals surface area contributed by atoms with Crippen molar-refractivity contribution in [2.75, 3.05) is 40.9 Å². The number of carbonyl (C=O) groups excluding carboxylic acids is 1. The summed E-state index contributed by atoms with van der Waals surface area (Å²) in [6.07, 6.45) is 43.6. The Kier molecular flexibility index (Phi) is 35.4. The molecule has 3 unspecified atom stereocenters. The third-order valence-corrected chi connectivity index (χ3v) is 11.0. The van der Waals surface area contributed by atoms with E-state index in [-0.39, 0.29) is 12.5 Å². The molecule has 8 nitrogen and oxygen atoms in total. The highest BCUT2D eigenvalue weighted by Crippen LogP contribution is 2.38. The molecule has 0 aromatic rings. The van der Waals surface area contributed by atoms with Gasteiger partial charge in [-0.1, -0.05) is 199 Å². The molecule has 0 aliphatic rings. The summed E-state index contributed by atoms with van der Waals surface area (Å²) in [6, 6.07) is -0.883. The van der Waals surface area contributed by atoms with Crippen LogP contribution in [0.15, 0.2) is 12.2 Å². The van der Waals surface area contributed by atoms with Gasteiger partial charge in [-0.2, -0.15) is 0 Å². The minimum atomic E-state index is -4.54. The second-order valence-electron chi connectivity index (χ2n) is 16.5. The van der Waals surface area contributed by atoms with Crippen LogP contribution in [0.3, 0.4) is 0 Å². The van der Waals surface area contributed by atoms with Gasteiger partial charge in [0, 0.05) is 6.92 Å². The molecular weight excluding hydrogens is 671 g/mol. The van der Waals surface area contributed by atoms with Crippen molar-refractivity contribution < 1.29 is 32.9 Å². The maximum absolute atomic E-state index is 12.1. The van der Waals surface area contributed by atoms with E-state index < -0.39 is 26.6 Å². The predicted molar refractivity (Wildman–Crippen MR) is 219 cm³/mol. The van der Waals surface area contributed by atoms with Gasteiger partial charge >= 0.3 is 0 Å². The molecular formula is C43H87N2O6P. The number of carbonyl (C=O) groups is 1. The summed E-state index contributed by atoms with van der Waals surface area (Å²) in [6.45, 7) is 3.72. The third-order valence-electron chi connectivity index (χ3n) is 10.0. The van der Waals surface area contributed by atoms with E-state index >= 15 is 0 Å². The lowest BCUT2D eigenvalue weighted by Gasteiger charge is -2.29. The van der Waals surface area contributed by atoms with Crippen LogP contribution in [0.2, 0.25) is 0 Å². The van der Waals surface area contributed by atoms with Gasteiger partial charge in [-0.25, -0.2) is 0 Å². The first-order valence-electron chi connectivity index (χ1n) is 22.0. The van der Waals surface area contributed by atoms with Crippen molar-refractivity contribution in [3.63, 3.8) is 0 Å². The zero-order valence-corrected chi connectivity index (χ0v) is 35.9. The van der Waals surface area contributed by atoms with Gasteiger partial charge in [0.2, 0.25) is 5.91 Å². The maximum atomic E-state index is 12.1. The number of nitrogens with one attached hydrogen (secondary N) is 1. The van der Waals surface area contributed by atoms with Gasteiger partial charge < -0.3 is 28.8 Å². The molecule has 0 aliphatic carbocycles. The number of unbranched alkanes of at least 4 members (excludes halogenated alkanes) is 29. The van der Waals surface area contributed by atoms with Crippen molar-refractivity contribution in [3.05, 3.63) is 12.2 Å². The van der Waals surface area contributed by atoms with E-state index in [0.717, 1.165) is 19.3 Å². The standard InChI is InChI=1S/C43H87N2O6P/c1-6-7-8-9-10-11-12-13-14-15-16-17-18-19-20-21-22-23-24-25-26-27-28-29-30-31-32-33-34-35-36-37-43(47)42(44-41(2)46)40-51-52(48,49)50-39-38-45(3,4)5/h36-37,42-43,47H,6-35,38-40H2,1-5H3,(H-,44,46,48,49)/b37-36+. The SMILES string of the molecule is CCCCCCCCCCCCCCCCCCCCCCCCCCCCCCC/C=C/C(O)C(COP(=O)([O-])OCC[N+](C)(C)C)NC(C)=O. The average molecular weight is 759 g/mol. The molecule has 310 valence electrons. The number of aliphatic hydroxyl groups is 1. The van der Waals surface area contributed by atoms with Gasteiger partial charge in [0.15, 0.2) is 0 Å². The lowest BCUT2D eigenvalue weighted by atomic mass is 10.0. The van der Waals surface area contributed by atoms with E-state index in [9.17, 15) is 19.4 Å². The lowest BCUT2D eigenvalue weighted by molar-refractivity contribution is -0.870. The molecule has 52 heavy (non-hydrogen) atoms. The summed E-state index contributed by atoms with van der Waals surface area (Å²) in [5.74, 6) is -0.372. The quantitative estimate of drug-likeness (QED) is 0.0279. The Morgan fingerprint density at radius 3 is 1.33 bits per heavy atom. The summed E-state index contributed by atoms with van der Waals surface area (Å²) in [4.78, 5) is 23.7. The highest BCUT2D eigenvalue weighted by molar-refractivity contribution is 7.45. The van der Waals surface area contributed by atoms with Crippen molar-refractivity contribution in [1.82, 2.24) is 5.32 Å². The van der Waals surface area contributed by atoms with Crippen LogP contribution in [-0.4, -0.2) is 68.5 Å². The monoisotopic (exact) mass is 759 g/mol. The molecule has 0 heterocycles. The smallest absolute Gasteiger partial charge is 0.268 e. The zero-order valence-electron chi connectivity index (χ0n) is 35.0. The maximum Gasteiger partial charge on any atom is 0.268 e. The number of likely N-dealkylation sites (N-methyl/N-ethyl adjacent to an activating group) is 1. The number of nitrogens with zero attached hydrogens (tertiary/aromatic N) is 1. The van der Waals surface area contributed by atoms with Crippen molar-refractivity contribution in [2.24, 2.45) is 0 Å². The first-order valence-corrected chi connectivity index (χ1v) is 23.5. The molecule has 0 fully saturated rings. The van der Waals surface area contributed by atoms with E-state index in [1.54, 1.807) is 6.08 Å². The Balaban J connectivity index is 3.57.